The molecule has 7 heteroatoms. The van der Waals surface area contributed by atoms with Crippen LogP contribution in [0.2, 0.25) is 0 Å². The van der Waals surface area contributed by atoms with Gasteiger partial charge >= 0.3 is 0 Å². The normalized spacial score (nSPS) is 21.1. The minimum absolute atomic E-state index is 0.142. The van der Waals surface area contributed by atoms with Gasteiger partial charge in [-0.15, -0.1) is 11.6 Å². The maximum Gasteiger partial charge on any atom is 0.160 e. The topological polar surface area (TPSA) is 64.8 Å². The van der Waals surface area contributed by atoms with Gasteiger partial charge in [0.15, 0.2) is 15.5 Å². The lowest BCUT2D eigenvalue weighted by Crippen LogP contribution is -2.15. The van der Waals surface area contributed by atoms with Gasteiger partial charge in [-0.25, -0.2) is 18.4 Å². The molecule has 1 aliphatic heterocycles. The van der Waals surface area contributed by atoms with E-state index >= 15 is 0 Å². The molecule has 1 atom stereocenters. The van der Waals surface area contributed by atoms with Crippen molar-refractivity contribution in [1.82, 2.24) is 14.5 Å². The Hall–Kier alpha value is -1.14. The lowest BCUT2D eigenvalue weighted by Gasteiger charge is -2.12. The van der Waals surface area contributed by atoms with E-state index in [1.165, 1.54) is 0 Å². The fraction of sp³-hybridized carbons (Fsp3) is 0.571. The van der Waals surface area contributed by atoms with Crippen molar-refractivity contribution in [2.24, 2.45) is 5.92 Å². The van der Waals surface area contributed by atoms with Gasteiger partial charge < -0.3 is 4.57 Å². The van der Waals surface area contributed by atoms with Gasteiger partial charge in [-0.05, 0) is 30.9 Å². The highest BCUT2D eigenvalue weighted by molar-refractivity contribution is 7.91. The first-order chi connectivity index (χ1) is 10.00. The lowest BCUT2D eigenvalue weighted by molar-refractivity contribution is 0.486. The molecule has 1 saturated heterocycles. The molecule has 1 fully saturated rings. The van der Waals surface area contributed by atoms with Gasteiger partial charge in [-0.1, -0.05) is 0 Å². The maximum absolute atomic E-state index is 11.6. The van der Waals surface area contributed by atoms with Crippen LogP contribution < -0.4 is 0 Å². The average Bonchev–Trinajstić information content (AvgIpc) is 2.94. The van der Waals surface area contributed by atoms with E-state index in [0.29, 0.717) is 31.0 Å². The summed E-state index contributed by atoms with van der Waals surface area (Å²) < 4.78 is 25.3. The number of aryl methyl sites for hydroxylation is 2. The van der Waals surface area contributed by atoms with Gasteiger partial charge in [0.25, 0.3) is 0 Å². The predicted octanol–water partition coefficient (Wildman–Crippen LogP) is 1.96. The summed E-state index contributed by atoms with van der Waals surface area (Å²) in [4.78, 5) is 9.08. The number of imidazole rings is 1. The Labute approximate surface area is 129 Å². The molecular formula is C14H18ClN3O2S. The summed E-state index contributed by atoms with van der Waals surface area (Å²) in [7, 11) is -2.87. The average molecular weight is 328 g/mol. The summed E-state index contributed by atoms with van der Waals surface area (Å²) in [5.41, 5.74) is 2.80. The standard InChI is InChI=1S/C14H18ClN3O2S/c1-10-3-6-16-14-13(10)17-12(2-5-15)18(14)8-11-4-7-21(19,20)9-11/h3,6,11H,2,4-5,7-9H2,1H3. The zero-order valence-electron chi connectivity index (χ0n) is 11.9. The molecule has 0 amide bonds. The van der Waals surface area contributed by atoms with E-state index in [0.717, 1.165) is 22.6 Å². The first-order valence-electron chi connectivity index (χ1n) is 7.07. The number of hydrogen-bond acceptors (Lipinski definition) is 4. The minimum Gasteiger partial charge on any atom is -0.312 e. The summed E-state index contributed by atoms with van der Waals surface area (Å²) in [6.07, 6.45) is 3.15. The van der Waals surface area contributed by atoms with Crippen LogP contribution in [0, 0.1) is 12.8 Å². The van der Waals surface area contributed by atoms with E-state index in [9.17, 15) is 8.42 Å². The molecule has 0 bridgehead atoms. The monoisotopic (exact) mass is 327 g/mol. The maximum atomic E-state index is 11.6. The number of sulfone groups is 1. The largest absolute Gasteiger partial charge is 0.312 e. The second-order valence-electron chi connectivity index (χ2n) is 5.65. The van der Waals surface area contributed by atoms with Gasteiger partial charge in [0.05, 0.1) is 11.5 Å². The quantitative estimate of drug-likeness (QED) is 0.805. The molecule has 2 aromatic heterocycles. The minimum atomic E-state index is -2.87. The number of hydrogen-bond donors (Lipinski definition) is 0. The Kier molecular flexibility index (Phi) is 3.92. The van der Waals surface area contributed by atoms with E-state index < -0.39 is 9.84 Å². The molecule has 21 heavy (non-hydrogen) atoms. The molecule has 5 nitrogen and oxygen atoms in total. The van der Waals surface area contributed by atoms with Gasteiger partial charge in [0.2, 0.25) is 0 Å². The van der Waals surface area contributed by atoms with Crippen LogP contribution in [0.1, 0.15) is 17.8 Å². The number of fused-ring (bicyclic) bond motifs is 1. The third kappa shape index (κ3) is 2.92. The summed E-state index contributed by atoms with van der Waals surface area (Å²) in [5, 5.41) is 0. The van der Waals surface area contributed by atoms with E-state index in [1.807, 2.05) is 13.0 Å². The van der Waals surface area contributed by atoms with E-state index in [1.54, 1.807) is 6.20 Å². The van der Waals surface area contributed by atoms with Crippen LogP contribution in [0.15, 0.2) is 12.3 Å². The lowest BCUT2D eigenvalue weighted by atomic mass is 10.1. The first-order valence-corrected chi connectivity index (χ1v) is 9.43. The van der Waals surface area contributed by atoms with Crippen LogP contribution in [-0.4, -0.2) is 40.3 Å². The molecule has 1 aliphatic rings. The molecule has 0 N–H and O–H groups in total. The highest BCUT2D eigenvalue weighted by atomic mass is 35.5. The summed E-state index contributed by atoms with van der Waals surface area (Å²) in [6.45, 7) is 2.66. The fourth-order valence-corrected chi connectivity index (χ4v) is 4.94. The van der Waals surface area contributed by atoms with E-state index in [-0.39, 0.29) is 11.7 Å². The Bertz CT molecular complexity index is 770. The number of rotatable bonds is 4. The number of halogens is 1. The Morgan fingerprint density at radius 3 is 2.95 bits per heavy atom. The molecule has 0 aliphatic carbocycles. The van der Waals surface area contributed by atoms with Crippen molar-refractivity contribution >= 4 is 32.6 Å². The zero-order valence-corrected chi connectivity index (χ0v) is 13.5. The van der Waals surface area contributed by atoms with Crippen molar-refractivity contribution in [2.75, 3.05) is 17.4 Å². The summed E-state index contributed by atoms with van der Waals surface area (Å²) in [5.74, 6) is 2.08. The van der Waals surface area contributed by atoms with Crippen molar-refractivity contribution in [3.05, 3.63) is 23.7 Å². The third-order valence-corrected chi connectivity index (χ3v) is 6.03. The Morgan fingerprint density at radius 2 is 2.29 bits per heavy atom. The summed E-state index contributed by atoms with van der Waals surface area (Å²) >= 11 is 5.87. The molecular weight excluding hydrogens is 310 g/mol. The van der Waals surface area contributed by atoms with Gasteiger partial charge in [0, 0.05) is 25.0 Å². The second kappa shape index (κ2) is 5.57. The van der Waals surface area contributed by atoms with Gasteiger partial charge in [0.1, 0.15) is 11.3 Å². The van der Waals surface area contributed by atoms with Crippen LogP contribution in [0.3, 0.4) is 0 Å². The molecule has 0 saturated carbocycles. The fourth-order valence-electron chi connectivity index (χ4n) is 2.92. The van der Waals surface area contributed by atoms with Crippen LogP contribution >= 0.6 is 11.6 Å². The SMILES string of the molecule is Cc1ccnc2c1nc(CCCl)n2CC1CCS(=O)(=O)C1. The Balaban J connectivity index is 2.00. The van der Waals surface area contributed by atoms with Crippen molar-refractivity contribution in [2.45, 2.75) is 26.3 Å². The number of nitrogens with zero attached hydrogens (tertiary/aromatic N) is 3. The summed E-state index contributed by atoms with van der Waals surface area (Å²) in [6, 6.07) is 1.93. The third-order valence-electron chi connectivity index (χ3n) is 4.00. The molecule has 3 rings (SSSR count). The van der Waals surface area contributed by atoms with Crippen molar-refractivity contribution in [3.63, 3.8) is 0 Å². The van der Waals surface area contributed by atoms with E-state index in [2.05, 4.69) is 14.5 Å². The van der Waals surface area contributed by atoms with Gasteiger partial charge in [-0.3, -0.25) is 0 Å². The molecule has 0 spiro atoms. The molecule has 1 unspecified atom stereocenters. The zero-order chi connectivity index (χ0) is 15.0. The number of pyridine rings is 1. The molecule has 114 valence electrons. The van der Waals surface area contributed by atoms with Crippen LogP contribution in [0.5, 0.6) is 0 Å². The van der Waals surface area contributed by atoms with Crippen molar-refractivity contribution in [1.29, 1.82) is 0 Å². The first kappa shape index (κ1) is 14.8. The molecule has 0 radical (unpaired) electrons. The highest BCUT2D eigenvalue weighted by Crippen LogP contribution is 2.24. The van der Waals surface area contributed by atoms with Crippen molar-refractivity contribution < 1.29 is 8.42 Å². The smallest absolute Gasteiger partial charge is 0.160 e. The van der Waals surface area contributed by atoms with Crippen molar-refractivity contribution in [3.8, 4) is 0 Å². The van der Waals surface area contributed by atoms with Crippen LogP contribution in [-0.2, 0) is 22.8 Å². The molecule has 3 heterocycles. The van der Waals surface area contributed by atoms with Crippen LogP contribution in [0.25, 0.3) is 11.2 Å². The second-order valence-corrected chi connectivity index (χ2v) is 8.25. The molecule has 0 aromatic carbocycles. The molecule has 2 aromatic rings. The highest BCUT2D eigenvalue weighted by Gasteiger charge is 2.29. The van der Waals surface area contributed by atoms with Gasteiger partial charge in [-0.2, -0.15) is 0 Å². The Morgan fingerprint density at radius 1 is 1.48 bits per heavy atom. The van der Waals surface area contributed by atoms with E-state index in [4.69, 9.17) is 11.6 Å². The number of aromatic nitrogens is 3. The van der Waals surface area contributed by atoms with Crippen LogP contribution in [0.4, 0.5) is 0 Å². The number of alkyl halides is 1. The predicted molar refractivity (Wildman–Crippen MR) is 83.4 cm³/mol.